The van der Waals surface area contributed by atoms with E-state index in [9.17, 15) is 22.4 Å². The summed E-state index contributed by atoms with van der Waals surface area (Å²) < 4.78 is 53.6. The van der Waals surface area contributed by atoms with Crippen molar-refractivity contribution in [2.75, 3.05) is 12.1 Å². The summed E-state index contributed by atoms with van der Waals surface area (Å²) in [6, 6.07) is 4.40. The van der Waals surface area contributed by atoms with Crippen LogP contribution in [-0.2, 0) is 4.79 Å². The van der Waals surface area contributed by atoms with Gasteiger partial charge in [-0.3, -0.25) is 15.2 Å². The number of nitrogens with zero attached hydrogens (tertiary/aromatic N) is 1. The Hall–Kier alpha value is -2.00. The summed E-state index contributed by atoms with van der Waals surface area (Å²) in [5.41, 5.74) is 2.72. The molecule has 10 heteroatoms. The number of anilines is 1. The molecule has 0 saturated heterocycles. The third-order valence-corrected chi connectivity index (χ3v) is 3.22. The molecule has 1 aromatic carbocycles. The molecule has 0 saturated carbocycles. The molecule has 23 heavy (non-hydrogen) atoms. The number of hydrogen-bond donors (Lipinski definition) is 2. The maximum atomic E-state index is 12.9. The van der Waals surface area contributed by atoms with E-state index in [4.69, 9.17) is 11.6 Å². The number of alkyl halides is 4. The molecule has 1 aliphatic heterocycles. The summed E-state index contributed by atoms with van der Waals surface area (Å²) in [6.07, 6.45) is -7.19. The van der Waals surface area contributed by atoms with Gasteiger partial charge in [-0.05, 0) is 19.2 Å². The number of carbonyl (C=O) groups excluding carboxylic acids is 1. The Bertz CT molecular complexity index is 623. The number of likely N-dealkylation sites (N-methyl/N-ethyl adjacent to an activating group) is 1. The Morgan fingerprint density at radius 2 is 2.13 bits per heavy atom. The van der Waals surface area contributed by atoms with Crippen LogP contribution in [0.5, 0.6) is 5.75 Å². The number of amides is 1. The van der Waals surface area contributed by atoms with Crippen LogP contribution in [0.15, 0.2) is 35.5 Å². The molecule has 1 amide bonds. The molecule has 0 aliphatic carbocycles. The van der Waals surface area contributed by atoms with Crippen molar-refractivity contribution < 1.29 is 27.1 Å². The number of halogens is 5. The molecule has 2 rings (SSSR count). The lowest BCUT2D eigenvalue weighted by Gasteiger charge is -2.30. The van der Waals surface area contributed by atoms with Crippen molar-refractivity contribution >= 4 is 23.2 Å². The van der Waals surface area contributed by atoms with Gasteiger partial charge in [-0.15, -0.1) is 0 Å². The Kier molecular flexibility index (Phi) is 5.00. The van der Waals surface area contributed by atoms with Crippen molar-refractivity contribution in [3.63, 3.8) is 0 Å². The number of benzene rings is 1. The summed E-state index contributed by atoms with van der Waals surface area (Å²) in [6.45, 7) is 0. The van der Waals surface area contributed by atoms with Crippen LogP contribution >= 0.6 is 11.6 Å². The van der Waals surface area contributed by atoms with Gasteiger partial charge in [0, 0.05) is 12.3 Å². The quantitative estimate of drug-likeness (QED) is 0.816. The van der Waals surface area contributed by atoms with Crippen LogP contribution in [0.1, 0.15) is 0 Å². The van der Waals surface area contributed by atoms with Gasteiger partial charge in [0.05, 0.1) is 10.7 Å². The number of hydrazine groups is 1. The average Bonchev–Trinajstić information content (AvgIpc) is 2.46. The molecule has 0 spiro atoms. The van der Waals surface area contributed by atoms with E-state index in [2.05, 4.69) is 15.5 Å². The van der Waals surface area contributed by atoms with Crippen molar-refractivity contribution in [2.24, 2.45) is 0 Å². The van der Waals surface area contributed by atoms with E-state index in [0.717, 1.165) is 12.1 Å². The normalized spacial score (nSPS) is 19.9. The lowest BCUT2D eigenvalue weighted by atomic mass is 10.2. The summed E-state index contributed by atoms with van der Waals surface area (Å²) in [7, 11) is 1.54. The van der Waals surface area contributed by atoms with E-state index in [1.807, 2.05) is 0 Å². The Morgan fingerprint density at radius 1 is 1.43 bits per heavy atom. The topological polar surface area (TPSA) is 53.6 Å². The van der Waals surface area contributed by atoms with E-state index < -0.39 is 24.5 Å². The van der Waals surface area contributed by atoms with Gasteiger partial charge < -0.3 is 10.1 Å². The van der Waals surface area contributed by atoms with Gasteiger partial charge >= 0.3 is 12.5 Å². The lowest BCUT2D eigenvalue weighted by molar-refractivity contribution is -0.236. The number of hydrogen-bond acceptors (Lipinski definition) is 4. The van der Waals surface area contributed by atoms with E-state index in [1.54, 1.807) is 7.05 Å². The minimum Gasteiger partial charge on any atom is -0.452 e. The molecular weight excluding hydrogens is 342 g/mol. The van der Waals surface area contributed by atoms with Gasteiger partial charge in [-0.25, -0.2) is 0 Å². The van der Waals surface area contributed by atoms with Crippen LogP contribution < -0.4 is 20.5 Å². The van der Waals surface area contributed by atoms with Gasteiger partial charge in [0.2, 0.25) is 0 Å². The van der Waals surface area contributed by atoms with Gasteiger partial charge in [0.25, 0.3) is 5.91 Å². The molecule has 1 heterocycles. The molecule has 1 aliphatic rings. The Morgan fingerprint density at radius 3 is 2.70 bits per heavy atom. The largest absolute Gasteiger partial charge is 0.457 e. The zero-order chi connectivity index (χ0) is 17.2. The number of ether oxygens (including phenoxy) is 1. The van der Waals surface area contributed by atoms with Crippen molar-refractivity contribution in [3.8, 4) is 5.75 Å². The van der Waals surface area contributed by atoms with Crippen molar-refractivity contribution in [2.45, 2.75) is 18.6 Å². The zero-order valence-corrected chi connectivity index (χ0v) is 12.5. The third-order valence-electron chi connectivity index (χ3n) is 2.90. The minimum atomic E-state index is -5.13. The molecule has 2 atom stereocenters. The summed E-state index contributed by atoms with van der Waals surface area (Å²) in [5, 5.41) is 4.07. The fourth-order valence-electron chi connectivity index (χ4n) is 1.84. The van der Waals surface area contributed by atoms with Crippen molar-refractivity contribution in [3.05, 3.63) is 35.5 Å². The number of rotatable bonds is 4. The summed E-state index contributed by atoms with van der Waals surface area (Å²) in [5.74, 6) is -0.799. The first-order valence-corrected chi connectivity index (χ1v) is 6.72. The molecule has 0 bridgehead atoms. The van der Waals surface area contributed by atoms with E-state index in [0.29, 0.717) is 0 Å². The minimum absolute atomic E-state index is 0.182. The highest BCUT2D eigenvalue weighted by atomic mass is 35.5. The molecule has 0 fully saturated rings. The molecule has 0 radical (unpaired) electrons. The van der Waals surface area contributed by atoms with Crippen LogP contribution in [0.3, 0.4) is 0 Å². The van der Waals surface area contributed by atoms with Crippen LogP contribution in [0.4, 0.5) is 23.2 Å². The smallest absolute Gasteiger partial charge is 0.452 e. The monoisotopic (exact) mass is 353 g/mol. The van der Waals surface area contributed by atoms with Crippen LogP contribution in [0.25, 0.3) is 0 Å². The molecular formula is C13H12ClF4N3O2. The molecule has 0 aromatic heterocycles. The van der Waals surface area contributed by atoms with Gasteiger partial charge in [0.15, 0.2) is 0 Å². The van der Waals surface area contributed by atoms with E-state index >= 15 is 0 Å². The predicted molar refractivity (Wildman–Crippen MR) is 75.4 cm³/mol. The zero-order valence-electron chi connectivity index (χ0n) is 11.7. The molecule has 2 unspecified atom stereocenters. The number of nitrogens with one attached hydrogen (secondary N) is 2. The molecule has 2 N–H and O–H groups in total. The van der Waals surface area contributed by atoms with E-state index in [1.165, 1.54) is 23.3 Å². The standard InChI is InChI=1S/C13H12ClF4N3O2/c1-19-10-9(14)6-21(20-11(10)22)7-3-2-4-8(5-7)23-12(15)13(16,17)18/h2-6,10,12,19H,1H3,(H,20,22). The molecule has 126 valence electrons. The first-order valence-electron chi connectivity index (χ1n) is 6.34. The number of carbonyl (C=O) groups is 1. The maximum Gasteiger partial charge on any atom is 0.457 e. The average molecular weight is 354 g/mol. The fourth-order valence-corrected chi connectivity index (χ4v) is 2.15. The fraction of sp³-hybridized carbons (Fsp3) is 0.308. The van der Waals surface area contributed by atoms with Gasteiger partial charge in [-0.1, -0.05) is 17.7 Å². The van der Waals surface area contributed by atoms with Crippen LogP contribution in [0, 0.1) is 0 Å². The lowest BCUT2D eigenvalue weighted by Crippen LogP contribution is -2.53. The Balaban J connectivity index is 2.20. The second-order valence-electron chi connectivity index (χ2n) is 4.55. The highest BCUT2D eigenvalue weighted by Gasteiger charge is 2.42. The first-order chi connectivity index (χ1) is 10.7. The van der Waals surface area contributed by atoms with Crippen molar-refractivity contribution in [1.29, 1.82) is 0 Å². The van der Waals surface area contributed by atoms with Crippen LogP contribution in [0.2, 0.25) is 0 Å². The predicted octanol–water partition coefficient (Wildman–Crippen LogP) is 2.44. The van der Waals surface area contributed by atoms with Gasteiger partial charge in [-0.2, -0.15) is 17.6 Å². The molecule has 5 nitrogen and oxygen atoms in total. The summed E-state index contributed by atoms with van der Waals surface area (Å²) >= 11 is 5.96. The highest BCUT2D eigenvalue weighted by molar-refractivity contribution is 6.32. The van der Waals surface area contributed by atoms with Gasteiger partial charge in [0.1, 0.15) is 11.8 Å². The SMILES string of the molecule is CNC1C(=O)NN(c2cccc(OC(F)C(F)(F)F)c2)C=C1Cl. The maximum absolute atomic E-state index is 12.9. The Labute approximate surface area is 133 Å². The van der Waals surface area contributed by atoms with Crippen LogP contribution in [-0.4, -0.2) is 31.5 Å². The first kappa shape index (κ1) is 17.4. The second-order valence-corrected chi connectivity index (χ2v) is 4.99. The van der Waals surface area contributed by atoms with E-state index in [-0.39, 0.29) is 16.5 Å². The summed E-state index contributed by atoms with van der Waals surface area (Å²) in [4.78, 5) is 11.8. The second kappa shape index (κ2) is 6.63. The third kappa shape index (κ3) is 4.05. The molecule has 1 aromatic rings. The highest BCUT2D eigenvalue weighted by Crippen LogP contribution is 2.29. The van der Waals surface area contributed by atoms with Crippen molar-refractivity contribution in [1.82, 2.24) is 10.7 Å².